The van der Waals surface area contributed by atoms with E-state index in [0.29, 0.717) is 23.4 Å². The fraction of sp³-hybridized carbons (Fsp3) is 0.167. The fourth-order valence-electron chi connectivity index (χ4n) is 4.28. The lowest BCUT2D eigenvalue weighted by atomic mass is 9.86. The second kappa shape index (κ2) is 5.82. The Bertz CT molecular complexity index is 1100. The maximum atomic E-state index is 13.0. The first kappa shape index (κ1) is 15.8. The lowest BCUT2D eigenvalue weighted by molar-refractivity contribution is 0.0472. The number of hydrogen-bond acceptors (Lipinski definition) is 2. The minimum Gasteiger partial charge on any atom is -0.485 e. The van der Waals surface area contributed by atoms with Crippen molar-refractivity contribution in [2.75, 3.05) is 0 Å². The van der Waals surface area contributed by atoms with E-state index in [2.05, 4.69) is 17.0 Å². The van der Waals surface area contributed by atoms with Crippen LogP contribution in [0.4, 0.5) is 5.69 Å². The lowest BCUT2D eigenvalue weighted by Crippen LogP contribution is -2.42. The molecular formula is C24H17NO2. The molecule has 130 valence electrons. The highest BCUT2D eigenvalue weighted by Gasteiger charge is 2.44. The average Bonchev–Trinajstić information content (AvgIpc) is 3.04. The second-order valence-electron chi connectivity index (χ2n) is 7.38. The summed E-state index contributed by atoms with van der Waals surface area (Å²) >= 11 is 0. The normalized spacial score (nSPS) is 16.3. The van der Waals surface area contributed by atoms with Crippen molar-refractivity contribution in [2.24, 2.45) is 0 Å². The molecule has 1 aliphatic heterocycles. The lowest BCUT2D eigenvalue weighted by Gasteiger charge is -2.35. The largest absolute Gasteiger partial charge is 0.485 e. The van der Waals surface area contributed by atoms with Crippen molar-refractivity contribution in [3.8, 4) is 16.9 Å². The monoisotopic (exact) mass is 351 g/mol. The molecule has 0 fully saturated rings. The molecule has 0 aromatic heterocycles. The van der Waals surface area contributed by atoms with E-state index >= 15 is 0 Å². The molecule has 3 aromatic rings. The Kier molecular flexibility index (Phi) is 3.42. The van der Waals surface area contributed by atoms with E-state index in [1.165, 1.54) is 11.1 Å². The molecule has 0 unspecified atom stereocenters. The molecular weight excluding hydrogens is 334 g/mol. The molecule has 0 amide bonds. The number of rotatable bonds is 1. The quantitative estimate of drug-likeness (QED) is 0.549. The average molecular weight is 351 g/mol. The number of hydrogen-bond donors (Lipinski definition) is 0. The number of ketones is 1. The molecule has 1 heterocycles. The number of fused-ring (bicyclic) bond motifs is 2. The van der Waals surface area contributed by atoms with E-state index in [-0.39, 0.29) is 5.78 Å². The third-order valence-electron chi connectivity index (χ3n) is 5.54. The second-order valence-corrected chi connectivity index (χ2v) is 7.38. The molecule has 0 atom stereocenters. The van der Waals surface area contributed by atoms with E-state index in [4.69, 9.17) is 11.3 Å². The van der Waals surface area contributed by atoms with Crippen LogP contribution >= 0.6 is 0 Å². The summed E-state index contributed by atoms with van der Waals surface area (Å²) in [5.74, 6) is 0.802. The van der Waals surface area contributed by atoms with Gasteiger partial charge in [-0.25, -0.2) is 4.85 Å². The van der Waals surface area contributed by atoms with Crippen LogP contribution in [-0.2, 0) is 12.8 Å². The molecule has 1 aliphatic carbocycles. The number of Topliss-reactive ketones (excluding diaryl/α,β-unsaturated/α-hetero) is 1. The van der Waals surface area contributed by atoms with Gasteiger partial charge in [-0.1, -0.05) is 48.5 Å². The highest BCUT2D eigenvalue weighted by atomic mass is 16.5. The highest BCUT2D eigenvalue weighted by molar-refractivity contribution is 6.01. The van der Waals surface area contributed by atoms with Gasteiger partial charge < -0.3 is 4.74 Å². The van der Waals surface area contributed by atoms with Crippen molar-refractivity contribution < 1.29 is 9.53 Å². The van der Waals surface area contributed by atoms with Crippen molar-refractivity contribution in [3.05, 3.63) is 94.8 Å². The zero-order chi connectivity index (χ0) is 18.4. The summed E-state index contributed by atoms with van der Waals surface area (Å²) in [5, 5.41) is 0. The Balaban J connectivity index is 1.50. The molecule has 3 nitrogen and oxygen atoms in total. The molecule has 0 radical (unpaired) electrons. The van der Waals surface area contributed by atoms with E-state index in [9.17, 15) is 4.79 Å². The van der Waals surface area contributed by atoms with Crippen LogP contribution in [0, 0.1) is 6.57 Å². The summed E-state index contributed by atoms with van der Waals surface area (Å²) in [4.78, 5) is 16.5. The molecule has 27 heavy (non-hydrogen) atoms. The van der Waals surface area contributed by atoms with Gasteiger partial charge in [-0.3, -0.25) is 4.79 Å². The van der Waals surface area contributed by atoms with Crippen molar-refractivity contribution >= 4 is 11.5 Å². The Morgan fingerprint density at radius 2 is 1.59 bits per heavy atom. The minimum atomic E-state index is -0.445. The number of nitrogens with zero attached hydrogens (tertiary/aromatic N) is 1. The summed E-state index contributed by atoms with van der Waals surface area (Å²) < 4.78 is 6.40. The molecule has 0 saturated carbocycles. The van der Waals surface area contributed by atoms with Crippen molar-refractivity contribution in [3.63, 3.8) is 0 Å². The first-order valence-corrected chi connectivity index (χ1v) is 9.07. The van der Waals surface area contributed by atoms with Gasteiger partial charge in [0.05, 0.1) is 18.6 Å². The minimum absolute atomic E-state index is 0.132. The Labute approximate surface area is 158 Å². The van der Waals surface area contributed by atoms with Gasteiger partial charge in [-0.05, 0) is 40.5 Å². The predicted molar refractivity (Wildman–Crippen MR) is 104 cm³/mol. The standard InChI is InChI=1S/C24H17NO2/c1-25-20-8-4-7-16(11-20)17-9-10-23-21(12-17)22(26)15-24(27-23)13-18-5-2-3-6-19(18)14-24/h2-12H,13-15H2. The van der Waals surface area contributed by atoms with Crippen molar-refractivity contribution in [2.45, 2.75) is 24.9 Å². The third kappa shape index (κ3) is 2.62. The molecule has 1 spiro atoms. The zero-order valence-electron chi connectivity index (χ0n) is 14.7. The van der Waals surface area contributed by atoms with E-state index in [1.54, 1.807) is 6.07 Å². The Hall–Kier alpha value is -3.38. The first-order chi connectivity index (χ1) is 13.2. The maximum Gasteiger partial charge on any atom is 0.187 e. The van der Waals surface area contributed by atoms with Gasteiger partial charge >= 0.3 is 0 Å². The smallest absolute Gasteiger partial charge is 0.187 e. The van der Waals surface area contributed by atoms with E-state index in [1.807, 2.05) is 48.5 Å². The van der Waals surface area contributed by atoms with Gasteiger partial charge in [0.1, 0.15) is 11.4 Å². The molecule has 3 heteroatoms. The van der Waals surface area contributed by atoms with Crippen LogP contribution in [-0.4, -0.2) is 11.4 Å². The molecule has 3 aromatic carbocycles. The zero-order valence-corrected chi connectivity index (χ0v) is 14.7. The fourth-order valence-corrected chi connectivity index (χ4v) is 4.28. The van der Waals surface area contributed by atoms with Gasteiger partial charge in [0, 0.05) is 12.8 Å². The third-order valence-corrected chi connectivity index (χ3v) is 5.54. The van der Waals surface area contributed by atoms with Gasteiger partial charge in [-0.2, -0.15) is 0 Å². The van der Waals surface area contributed by atoms with Gasteiger partial charge in [0.15, 0.2) is 11.5 Å². The van der Waals surface area contributed by atoms with Crippen LogP contribution in [0.3, 0.4) is 0 Å². The molecule has 0 bridgehead atoms. The summed E-state index contributed by atoms with van der Waals surface area (Å²) in [7, 11) is 0. The van der Waals surface area contributed by atoms with Crippen LogP contribution in [0.5, 0.6) is 5.75 Å². The summed E-state index contributed by atoms with van der Waals surface area (Å²) in [6.45, 7) is 7.18. The van der Waals surface area contributed by atoms with Crippen LogP contribution in [0.15, 0.2) is 66.7 Å². The Morgan fingerprint density at radius 3 is 2.33 bits per heavy atom. The first-order valence-electron chi connectivity index (χ1n) is 9.07. The van der Waals surface area contributed by atoms with Crippen LogP contribution in [0.1, 0.15) is 27.9 Å². The molecule has 0 N–H and O–H groups in total. The van der Waals surface area contributed by atoms with Crippen molar-refractivity contribution in [1.29, 1.82) is 0 Å². The topological polar surface area (TPSA) is 30.7 Å². The predicted octanol–water partition coefficient (Wildman–Crippen LogP) is 5.41. The molecule has 2 aliphatic rings. The molecule has 0 saturated heterocycles. The van der Waals surface area contributed by atoms with Crippen LogP contribution in [0.25, 0.3) is 16.0 Å². The SMILES string of the molecule is [C-]#[N+]c1cccc(-c2ccc3c(c2)C(=O)CC2(Cc4ccccc4C2)O3)c1. The van der Waals surface area contributed by atoms with Gasteiger partial charge in [0.25, 0.3) is 0 Å². The highest BCUT2D eigenvalue weighted by Crippen LogP contribution is 2.43. The van der Waals surface area contributed by atoms with Gasteiger partial charge in [-0.15, -0.1) is 0 Å². The van der Waals surface area contributed by atoms with Crippen LogP contribution in [0.2, 0.25) is 0 Å². The summed E-state index contributed by atoms with van der Waals surface area (Å²) in [6, 6.07) is 21.6. The van der Waals surface area contributed by atoms with Crippen molar-refractivity contribution in [1.82, 2.24) is 0 Å². The maximum absolute atomic E-state index is 13.0. The number of ether oxygens (including phenoxy) is 1. The van der Waals surface area contributed by atoms with Crippen LogP contribution < -0.4 is 4.74 Å². The Morgan fingerprint density at radius 1 is 0.852 bits per heavy atom. The van der Waals surface area contributed by atoms with E-state index in [0.717, 1.165) is 24.0 Å². The summed E-state index contributed by atoms with van der Waals surface area (Å²) in [6.07, 6.45) is 1.96. The summed E-state index contributed by atoms with van der Waals surface area (Å²) in [5.41, 5.74) is 5.22. The number of carbonyl (C=O) groups excluding carboxylic acids is 1. The molecule has 5 rings (SSSR count). The van der Waals surface area contributed by atoms with E-state index < -0.39 is 5.60 Å². The van der Waals surface area contributed by atoms with Gasteiger partial charge in [0.2, 0.25) is 0 Å². The number of carbonyl (C=O) groups is 1. The number of benzene rings is 3.